The van der Waals surface area contributed by atoms with Gasteiger partial charge in [-0.25, -0.2) is 4.98 Å². The topological polar surface area (TPSA) is 25.4 Å². The van der Waals surface area contributed by atoms with Gasteiger partial charge in [-0.2, -0.15) is 0 Å². The minimum Gasteiger partial charge on any atom is -0.377 e. The van der Waals surface area contributed by atoms with Crippen LogP contribution in [0.3, 0.4) is 0 Å². The number of likely N-dealkylation sites (N-methyl/N-ethyl adjacent to an activating group) is 1. The van der Waals surface area contributed by atoms with Gasteiger partial charge in [0.25, 0.3) is 0 Å². The molecular weight excluding hydrogens is 236 g/mol. The molecule has 1 fully saturated rings. The van der Waals surface area contributed by atoms with E-state index in [1.165, 1.54) is 18.4 Å². The number of rotatable bonds is 5. The maximum Gasteiger partial charge on any atom is 0.129 e. The molecule has 1 saturated heterocycles. The van der Waals surface area contributed by atoms with E-state index in [2.05, 4.69) is 16.8 Å². The number of hydrogen-bond donors (Lipinski definition) is 0. The SMILES string of the molecule is CCN(Cc1ccc(Cl)nc1)CC1CCCO1. The first-order chi connectivity index (χ1) is 8.28. The molecule has 1 unspecified atom stereocenters. The fraction of sp³-hybridized carbons (Fsp3) is 0.615. The van der Waals surface area contributed by atoms with Gasteiger partial charge in [0.2, 0.25) is 0 Å². The Morgan fingerprint density at radius 1 is 1.53 bits per heavy atom. The van der Waals surface area contributed by atoms with Gasteiger partial charge in [-0.3, -0.25) is 4.90 Å². The molecule has 0 saturated carbocycles. The quantitative estimate of drug-likeness (QED) is 0.756. The van der Waals surface area contributed by atoms with Gasteiger partial charge in [0.05, 0.1) is 6.10 Å². The van der Waals surface area contributed by atoms with Crippen molar-refractivity contribution in [3.8, 4) is 0 Å². The van der Waals surface area contributed by atoms with Crippen molar-refractivity contribution in [2.45, 2.75) is 32.4 Å². The average molecular weight is 255 g/mol. The van der Waals surface area contributed by atoms with Crippen LogP contribution in [0.4, 0.5) is 0 Å². The van der Waals surface area contributed by atoms with Gasteiger partial charge in [-0.15, -0.1) is 0 Å². The number of aromatic nitrogens is 1. The van der Waals surface area contributed by atoms with Crippen LogP contribution in [0.25, 0.3) is 0 Å². The van der Waals surface area contributed by atoms with Crippen LogP contribution >= 0.6 is 11.6 Å². The van der Waals surface area contributed by atoms with Gasteiger partial charge in [-0.1, -0.05) is 24.6 Å². The Morgan fingerprint density at radius 3 is 3.00 bits per heavy atom. The standard InChI is InChI=1S/C13H19ClN2O/c1-2-16(10-12-4-3-7-17-12)9-11-5-6-13(14)15-8-11/h5-6,8,12H,2-4,7,9-10H2,1H3. The van der Waals surface area contributed by atoms with E-state index in [0.29, 0.717) is 11.3 Å². The third kappa shape index (κ3) is 3.95. The molecule has 1 aromatic heterocycles. The summed E-state index contributed by atoms with van der Waals surface area (Å²) >= 11 is 5.77. The Morgan fingerprint density at radius 2 is 2.41 bits per heavy atom. The molecule has 3 nitrogen and oxygen atoms in total. The second-order valence-electron chi connectivity index (χ2n) is 4.45. The predicted octanol–water partition coefficient (Wildman–Crippen LogP) is 2.74. The van der Waals surface area contributed by atoms with Crippen molar-refractivity contribution in [3.63, 3.8) is 0 Å². The number of halogens is 1. The number of nitrogens with zero attached hydrogens (tertiary/aromatic N) is 2. The van der Waals surface area contributed by atoms with Crippen LogP contribution in [0.2, 0.25) is 5.15 Å². The minimum atomic E-state index is 0.412. The summed E-state index contributed by atoms with van der Waals surface area (Å²) in [6, 6.07) is 3.88. The smallest absolute Gasteiger partial charge is 0.129 e. The van der Waals surface area contributed by atoms with Gasteiger partial charge < -0.3 is 4.74 Å². The molecule has 2 rings (SSSR count). The van der Waals surface area contributed by atoms with Crippen molar-refractivity contribution in [2.75, 3.05) is 19.7 Å². The number of pyridine rings is 1. The van der Waals surface area contributed by atoms with Crippen molar-refractivity contribution in [3.05, 3.63) is 29.0 Å². The molecule has 1 atom stereocenters. The molecule has 0 amide bonds. The van der Waals surface area contributed by atoms with Crippen LogP contribution in [-0.4, -0.2) is 35.7 Å². The summed E-state index contributed by atoms with van der Waals surface area (Å²) in [5.41, 5.74) is 1.20. The third-order valence-corrected chi connectivity index (χ3v) is 3.35. The van der Waals surface area contributed by atoms with Crippen molar-refractivity contribution >= 4 is 11.6 Å². The Labute approximate surface area is 108 Å². The molecule has 4 heteroatoms. The lowest BCUT2D eigenvalue weighted by Gasteiger charge is -2.23. The van der Waals surface area contributed by atoms with Crippen molar-refractivity contribution in [1.29, 1.82) is 0 Å². The fourth-order valence-electron chi connectivity index (χ4n) is 2.14. The summed E-state index contributed by atoms with van der Waals surface area (Å²) in [6.07, 6.45) is 4.65. The highest BCUT2D eigenvalue weighted by Crippen LogP contribution is 2.15. The van der Waals surface area contributed by atoms with Crippen molar-refractivity contribution in [1.82, 2.24) is 9.88 Å². The molecule has 1 aliphatic rings. The van der Waals surface area contributed by atoms with E-state index < -0.39 is 0 Å². The molecule has 0 radical (unpaired) electrons. The van der Waals surface area contributed by atoms with Gasteiger partial charge >= 0.3 is 0 Å². The van der Waals surface area contributed by atoms with Crippen LogP contribution < -0.4 is 0 Å². The lowest BCUT2D eigenvalue weighted by Crippen LogP contribution is -2.31. The maximum atomic E-state index is 5.77. The summed E-state index contributed by atoms with van der Waals surface area (Å²) in [7, 11) is 0. The zero-order chi connectivity index (χ0) is 12.1. The van der Waals surface area contributed by atoms with Crippen LogP contribution in [0.1, 0.15) is 25.3 Å². The molecule has 94 valence electrons. The highest BCUT2D eigenvalue weighted by molar-refractivity contribution is 6.29. The Bertz CT molecular complexity index is 336. The summed E-state index contributed by atoms with van der Waals surface area (Å²) in [6.45, 7) is 6.06. The first kappa shape index (κ1) is 12.8. The lowest BCUT2D eigenvalue weighted by atomic mass is 10.2. The summed E-state index contributed by atoms with van der Waals surface area (Å²) in [4.78, 5) is 6.50. The van der Waals surface area contributed by atoms with E-state index in [4.69, 9.17) is 16.3 Å². The van der Waals surface area contributed by atoms with Crippen LogP contribution in [-0.2, 0) is 11.3 Å². The zero-order valence-electron chi connectivity index (χ0n) is 10.2. The normalized spacial score (nSPS) is 20.1. The Balaban J connectivity index is 1.87. The third-order valence-electron chi connectivity index (χ3n) is 3.13. The Kier molecular flexibility index (Phi) is 4.77. The highest BCUT2D eigenvalue weighted by Gasteiger charge is 2.18. The first-order valence-electron chi connectivity index (χ1n) is 6.22. The van der Waals surface area contributed by atoms with Gasteiger partial charge in [0.1, 0.15) is 5.15 Å². The zero-order valence-corrected chi connectivity index (χ0v) is 11.0. The van der Waals surface area contributed by atoms with Crippen LogP contribution in [0, 0.1) is 0 Å². The summed E-state index contributed by atoms with van der Waals surface area (Å²) in [5.74, 6) is 0. The average Bonchev–Trinajstić information content (AvgIpc) is 2.84. The van der Waals surface area contributed by atoms with E-state index in [9.17, 15) is 0 Å². The number of ether oxygens (including phenoxy) is 1. The summed E-state index contributed by atoms with van der Waals surface area (Å²) < 4.78 is 5.66. The van der Waals surface area contributed by atoms with Crippen molar-refractivity contribution < 1.29 is 4.74 Å². The second kappa shape index (κ2) is 6.34. The van der Waals surface area contributed by atoms with Gasteiger partial charge in [0.15, 0.2) is 0 Å². The molecule has 2 heterocycles. The Hall–Kier alpha value is -0.640. The van der Waals surface area contributed by atoms with Gasteiger partial charge in [-0.05, 0) is 31.0 Å². The van der Waals surface area contributed by atoms with Crippen LogP contribution in [0.15, 0.2) is 18.3 Å². The van der Waals surface area contributed by atoms with E-state index in [-0.39, 0.29) is 0 Å². The van der Waals surface area contributed by atoms with E-state index in [1.807, 2.05) is 18.3 Å². The molecule has 1 aromatic rings. The lowest BCUT2D eigenvalue weighted by molar-refractivity contribution is 0.0724. The monoisotopic (exact) mass is 254 g/mol. The maximum absolute atomic E-state index is 5.77. The molecule has 0 aromatic carbocycles. The molecule has 0 aliphatic carbocycles. The first-order valence-corrected chi connectivity index (χ1v) is 6.60. The van der Waals surface area contributed by atoms with Gasteiger partial charge in [0, 0.05) is 25.9 Å². The molecule has 17 heavy (non-hydrogen) atoms. The molecule has 0 spiro atoms. The van der Waals surface area contributed by atoms with E-state index in [1.54, 1.807) is 0 Å². The fourth-order valence-corrected chi connectivity index (χ4v) is 2.25. The number of hydrogen-bond acceptors (Lipinski definition) is 3. The molecule has 0 bridgehead atoms. The minimum absolute atomic E-state index is 0.412. The molecule has 0 N–H and O–H groups in total. The molecule has 1 aliphatic heterocycles. The predicted molar refractivity (Wildman–Crippen MR) is 69.2 cm³/mol. The second-order valence-corrected chi connectivity index (χ2v) is 4.84. The van der Waals surface area contributed by atoms with Crippen LogP contribution in [0.5, 0.6) is 0 Å². The largest absolute Gasteiger partial charge is 0.377 e. The molecular formula is C13H19ClN2O. The van der Waals surface area contributed by atoms with E-state index >= 15 is 0 Å². The van der Waals surface area contributed by atoms with E-state index in [0.717, 1.165) is 26.2 Å². The summed E-state index contributed by atoms with van der Waals surface area (Å²) in [5, 5.41) is 0.552. The van der Waals surface area contributed by atoms with Crippen molar-refractivity contribution in [2.24, 2.45) is 0 Å². The highest BCUT2D eigenvalue weighted by atomic mass is 35.5.